The molecule has 0 atom stereocenters. The van der Waals surface area contributed by atoms with Crippen LogP contribution in [0.25, 0.3) is 55.4 Å². The number of hydrogen-bond acceptors (Lipinski definition) is 2. The Balaban J connectivity index is 1.75. The molecule has 0 saturated heterocycles. The Bertz CT molecular complexity index is 1810. The van der Waals surface area contributed by atoms with Crippen LogP contribution in [0.2, 0.25) is 10.0 Å². The lowest BCUT2D eigenvalue weighted by Crippen LogP contribution is -2.27. The molecule has 0 N–H and O–H groups in total. The van der Waals surface area contributed by atoms with Gasteiger partial charge in [0.25, 0.3) is 5.56 Å². The highest BCUT2D eigenvalue weighted by Crippen LogP contribution is 2.43. The quantitative estimate of drug-likeness (QED) is 0.233. The van der Waals surface area contributed by atoms with Crippen molar-refractivity contribution in [3.8, 4) is 44.6 Å². The second-order valence-corrected chi connectivity index (χ2v) is 9.69. The summed E-state index contributed by atoms with van der Waals surface area (Å²) in [5.74, 6) is 0. The van der Waals surface area contributed by atoms with Gasteiger partial charge in [0.1, 0.15) is 7.11 Å². The van der Waals surface area contributed by atoms with Crippen molar-refractivity contribution in [3.63, 3.8) is 0 Å². The fraction of sp³-hybridized carbons (Fsp3) is 0.0312. The molecule has 6 rings (SSSR count). The third-order valence-corrected chi connectivity index (χ3v) is 7.10. The summed E-state index contributed by atoms with van der Waals surface area (Å²) in [4.78, 5) is 19.7. The number of hydrogen-bond donors (Lipinski definition) is 0. The standard InChI is InChI=1S/C32H21Cl2NO2/c1-37-35-31(24-10-6-12-26(34)18-24)29(23-9-5-11-25(33)17-23)28-19-22-14-13-21(20-7-3-2-4-8-20)15-16-27(22)30(28)32(35)36/h2-19H,1H3. The van der Waals surface area contributed by atoms with Gasteiger partial charge in [-0.05, 0) is 63.5 Å². The van der Waals surface area contributed by atoms with Crippen LogP contribution in [0.5, 0.6) is 0 Å². The Morgan fingerprint density at radius 2 is 1.22 bits per heavy atom. The van der Waals surface area contributed by atoms with E-state index in [1.165, 1.54) is 11.8 Å². The van der Waals surface area contributed by atoms with Crippen molar-refractivity contribution in [3.05, 3.63) is 130 Å². The van der Waals surface area contributed by atoms with E-state index in [1.54, 1.807) is 6.07 Å². The molecule has 0 saturated carbocycles. The summed E-state index contributed by atoms with van der Waals surface area (Å²) >= 11 is 12.8. The number of aromatic nitrogens is 1. The van der Waals surface area contributed by atoms with Crippen molar-refractivity contribution in [2.75, 3.05) is 7.11 Å². The van der Waals surface area contributed by atoms with Crippen LogP contribution in [-0.2, 0) is 0 Å². The van der Waals surface area contributed by atoms with Gasteiger partial charge in [0.2, 0.25) is 0 Å². The summed E-state index contributed by atoms with van der Waals surface area (Å²) in [5, 5.41) is 2.59. The molecule has 0 radical (unpaired) electrons. The van der Waals surface area contributed by atoms with E-state index in [0.29, 0.717) is 21.1 Å². The number of halogens is 2. The second kappa shape index (κ2) is 9.44. The first kappa shape index (κ1) is 23.4. The molecule has 0 fully saturated rings. The topological polar surface area (TPSA) is 31.2 Å². The van der Waals surface area contributed by atoms with Gasteiger partial charge in [-0.3, -0.25) is 4.79 Å². The molecular weight excluding hydrogens is 501 g/mol. The Labute approximate surface area is 224 Å². The molecule has 5 heteroatoms. The number of fused-ring (bicyclic) bond motifs is 3. The van der Waals surface area contributed by atoms with Crippen LogP contribution in [0.15, 0.2) is 114 Å². The molecule has 0 amide bonds. The fourth-order valence-electron chi connectivity index (χ4n) is 5.01. The highest BCUT2D eigenvalue weighted by atomic mass is 35.5. The van der Waals surface area contributed by atoms with Crippen LogP contribution in [0.1, 0.15) is 0 Å². The molecule has 0 aliphatic heterocycles. The van der Waals surface area contributed by atoms with Crippen LogP contribution in [0, 0.1) is 0 Å². The molecule has 3 nitrogen and oxygen atoms in total. The summed E-state index contributed by atoms with van der Waals surface area (Å²) < 4.78 is 1.36. The van der Waals surface area contributed by atoms with Crippen molar-refractivity contribution in [1.82, 2.24) is 4.73 Å². The monoisotopic (exact) mass is 521 g/mol. The highest BCUT2D eigenvalue weighted by Gasteiger charge is 2.25. The Kier molecular flexibility index (Phi) is 5.96. The summed E-state index contributed by atoms with van der Waals surface area (Å²) in [6.45, 7) is 0. The van der Waals surface area contributed by atoms with Crippen LogP contribution < -0.4 is 10.4 Å². The minimum atomic E-state index is -0.235. The Morgan fingerprint density at radius 3 is 1.92 bits per heavy atom. The average Bonchev–Trinajstić information content (AvgIpc) is 3.14. The number of benzene rings is 3. The van der Waals surface area contributed by atoms with E-state index in [0.717, 1.165) is 44.3 Å². The van der Waals surface area contributed by atoms with Gasteiger partial charge in [0.05, 0.1) is 11.1 Å². The normalized spacial score (nSPS) is 11.2. The SMILES string of the molecule is COn1c(-c2cccc(Cl)c2)c(-c2cccc(Cl)c2)c2cc3ccc(-c4ccccc4)ccc-3c2c1=O. The van der Waals surface area contributed by atoms with Crippen molar-refractivity contribution in [1.29, 1.82) is 0 Å². The third kappa shape index (κ3) is 4.07. The predicted molar refractivity (Wildman–Crippen MR) is 154 cm³/mol. The molecule has 0 unspecified atom stereocenters. The average molecular weight is 522 g/mol. The zero-order chi connectivity index (χ0) is 25.5. The fourth-order valence-corrected chi connectivity index (χ4v) is 5.39. The first-order valence-corrected chi connectivity index (χ1v) is 12.6. The predicted octanol–water partition coefficient (Wildman–Crippen LogP) is 8.47. The molecule has 0 spiro atoms. The second-order valence-electron chi connectivity index (χ2n) is 8.82. The highest BCUT2D eigenvalue weighted by molar-refractivity contribution is 6.31. The van der Waals surface area contributed by atoms with Crippen molar-refractivity contribution >= 4 is 34.0 Å². The minimum absolute atomic E-state index is 0.235. The van der Waals surface area contributed by atoms with E-state index in [4.69, 9.17) is 28.0 Å². The summed E-state index contributed by atoms with van der Waals surface area (Å²) in [6, 6.07) is 35.5. The Morgan fingerprint density at radius 1 is 0.622 bits per heavy atom. The minimum Gasteiger partial charge on any atom is -0.413 e. The third-order valence-electron chi connectivity index (χ3n) is 6.63. The van der Waals surface area contributed by atoms with Gasteiger partial charge in [-0.1, -0.05) is 102 Å². The molecular formula is C32H21Cl2NO2. The lowest BCUT2D eigenvalue weighted by Gasteiger charge is -2.18. The van der Waals surface area contributed by atoms with Gasteiger partial charge in [0.15, 0.2) is 0 Å². The molecule has 4 aromatic rings. The zero-order valence-electron chi connectivity index (χ0n) is 19.9. The molecule has 1 heterocycles. The summed E-state index contributed by atoms with van der Waals surface area (Å²) in [5.41, 5.74) is 6.88. The van der Waals surface area contributed by atoms with E-state index >= 15 is 0 Å². The van der Waals surface area contributed by atoms with E-state index in [1.807, 2.05) is 66.7 Å². The smallest absolute Gasteiger partial charge is 0.292 e. The van der Waals surface area contributed by atoms with Gasteiger partial charge in [0, 0.05) is 21.2 Å². The van der Waals surface area contributed by atoms with E-state index < -0.39 is 0 Å². The van der Waals surface area contributed by atoms with E-state index in [2.05, 4.69) is 36.4 Å². The van der Waals surface area contributed by atoms with Crippen molar-refractivity contribution < 1.29 is 4.84 Å². The van der Waals surface area contributed by atoms with E-state index in [9.17, 15) is 4.79 Å². The number of pyridine rings is 1. The van der Waals surface area contributed by atoms with Crippen LogP contribution in [-0.4, -0.2) is 11.8 Å². The largest absolute Gasteiger partial charge is 0.413 e. The maximum atomic E-state index is 14.0. The number of rotatable bonds is 4. The van der Waals surface area contributed by atoms with Gasteiger partial charge >= 0.3 is 0 Å². The van der Waals surface area contributed by atoms with Gasteiger partial charge < -0.3 is 4.84 Å². The summed E-state index contributed by atoms with van der Waals surface area (Å²) in [6.07, 6.45) is 0. The molecule has 3 aromatic carbocycles. The van der Waals surface area contributed by atoms with Crippen LogP contribution in [0.3, 0.4) is 0 Å². The molecule has 2 aliphatic rings. The lowest BCUT2D eigenvalue weighted by atomic mass is 9.95. The van der Waals surface area contributed by atoms with Crippen molar-refractivity contribution in [2.24, 2.45) is 0 Å². The Hall–Kier alpha value is -4.05. The molecule has 2 aliphatic carbocycles. The molecule has 180 valence electrons. The molecule has 0 bridgehead atoms. The van der Waals surface area contributed by atoms with Gasteiger partial charge in [-0.2, -0.15) is 0 Å². The van der Waals surface area contributed by atoms with Crippen LogP contribution >= 0.6 is 23.2 Å². The molecule has 37 heavy (non-hydrogen) atoms. The summed E-state index contributed by atoms with van der Waals surface area (Å²) in [7, 11) is 1.50. The maximum Gasteiger partial charge on any atom is 0.292 e. The first-order valence-electron chi connectivity index (χ1n) is 11.8. The lowest BCUT2D eigenvalue weighted by molar-refractivity contribution is 0.163. The van der Waals surface area contributed by atoms with Gasteiger partial charge in [-0.25, -0.2) is 0 Å². The first-order chi connectivity index (χ1) is 18.0. The van der Waals surface area contributed by atoms with Crippen molar-refractivity contribution in [2.45, 2.75) is 0 Å². The zero-order valence-corrected chi connectivity index (χ0v) is 21.4. The molecule has 1 aromatic heterocycles. The van der Waals surface area contributed by atoms with E-state index in [-0.39, 0.29) is 5.56 Å². The maximum absolute atomic E-state index is 14.0. The van der Waals surface area contributed by atoms with Crippen LogP contribution in [0.4, 0.5) is 0 Å². The number of nitrogens with zero attached hydrogens (tertiary/aromatic N) is 1. The van der Waals surface area contributed by atoms with Gasteiger partial charge in [-0.15, -0.1) is 4.73 Å².